The van der Waals surface area contributed by atoms with Crippen LogP contribution in [0, 0.1) is 38.0 Å². The largest absolute Gasteiger partial charge is 0.863 e. The molecule has 0 radical (unpaired) electrons. The Bertz CT molecular complexity index is 644. The van der Waals surface area contributed by atoms with Crippen molar-refractivity contribution in [3.05, 3.63) is 37.9 Å². The Kier molecular flexibility index (Phi) is 2.92. The molecule has 7 nitrogen and oxygen atoms in total. The van der Waals surface area contributed by atoms with Gasteiger partial charge in [-0.2, -0.15) is 0 Å². The molecule has 4 bridgehead atoms. The molecule has 0 heterocycles. The highest BCUT2D eigenvalue weighted by Crippen LogP contribution is 2.61. The van der Waals surface area contributed by atoms with Crippen molar-refractivity contribution in [2.24, 2.45) is 17.8 Å². The van der Waals surface area contributed by atoms with E-state index in [2.05, 4.69) is 0 Å². The Labute approximate surface area is 132 Å². The van der Waals surface area contributed by atoms with Gasteiger partial charge in [-0.1, -0.05) is 0 Å². The van der Waals surface area contributed by atoms with Crippen molar-refractivity contribution in [1.29, 1.82) is 0 Å². The van der Waals surface area contributed by atoms with Gasteiger partial charge in [0.25, 0.3) is 11.4 Å². The van der Waals surface area contributed by atoms with Crippen LogP contribution >= 0.6 is 0 Å². The molecule has 4 saturated carbocycles. The maximum absolute atomic E-state index is 11.9. The van der Waals surface area contributed by atoms with Crippen LogP contribution in [-0.4, -0.2) is 9.85 Å². The average Bonchev–Trinajstić information content (AvgIpc) is 2.45. The second-order valence-electron chi connectivity index (χ2n) is 7.56. The van der Waals surface area contributed by atoms with Gasteiger partial charge < -0.3 is 5.11 Å². The van der Waals surface area contributed by atoms with E-state index in [1.54, 1.807) is 0 Å². The van der Waals surface area contributed by atoms with Gasteiger partial charge in [0.2, 0.25) is 0 Å². The number of hydrogen-bond acceptors (Lipinski definition) is 5. The Hall–Kier alpha value is -2.18. The Morgan fingerprint density at radius 3 is 1.61 bits per heavy atom. The smallest absolute Gasteiger partial charge is 0.268 e. The standard InChI is InChI=1S/C16H18N2O5/c19-15-13(17(20)21)4-12(5-14(15)18(22)23)16-6-9-1-10(7-16)3-11(2-9)8-16/h4-5,9-11,19H,1-3,6-8H2/p-1. The van der Waals surface area contributed by atoms with Crippen molar-refractivity contribution in [3.63, 3.8) is 0 Å². The second kappa shape index (κ2) is 4.66. The van der Waals surface area contributed by atoms with Crippen molar-refractivity contribution in [3.8, 4) is 5.75 Å². The van der Waals surface area contributed by atoms with Crippen molar-refractivity contribution in [2.75, 3.05) is 0 Å². The number of nitro benzene ring substituents is 2. The van der Waals surface area contributed by atoms with Crippen LogP contribution in [0.25, 0.3) is 0 Å². The van der Waals surface area contributed by atoms with Gasteiger partial charge in [-0.25, -0.2) is 0 Å². The Morgan fingerprint density at radius 1 is 0.870 bits per heavy atom. The summed E-state index contributed by atoms with van der Waals surface area (Å²) >= 11 is 0. The van der Waals surface area contributed by atoms with Crippen molar-refractivity contribution < 1.29 is 15.0 Å². The minimum absolute atomic E-state index is 0.210. The Morgan fingerprint density at radius 2 is 1.26 bits per heavy atom. The summed E-state index contributed by atoms with van der Waals surface area (Å²) in [5.41, 5.74) is -0.901. The number of benzene rings is 1. The van der Waals surface area contributed by atoms with Crippen LogP contribution in [0.4, 0.5) is 11.4 Å². The first kappa shape index (κ1) is 14.4. The molecular weight excluding hydrogens is 300 g/mol. The molecule has 0 aromatic heterocycles. The topological polar surface area (TPSA) is 109 Å². The molecule has 0 aliphatic heterocycles. The molecular formula is C16H17N2O5-. The van der Waals surface area contributed by atoms with Crippen LogP contribution in [-0.2, 0) is 5.41 Å². The first-order valence-electron chi connectivity index (χ1n) is 8.02. The first-order chi connectivity index (χ1) is 10.9. The fraction of sp³-hybridized carbons (Fsp3) is 0.625. The summed E-state index contributed by atoms with van der Waals surface area (Å²) in [6.45, 7) is 0. The molecule has 0 N–H and O–H groups in total. The summed E-state index contributed by atoms with van der Waals surface area (Å²) < 4.78 is 0. The minimum atomic E-state index is -1.09. The van der Waals surface area contributed by atoms with Crippen molar-refractivity contribution in [2.45, 2.75) is 43.9 Å². The number of hydrogen-bond donors (Lipinski definition) is 0. The van der Waals surface area contributed by atoms with E-state index in [4.69, 9.17) is 0 Å². The monoisotopic (exact) mass is 317 g/mol. The molecule has 5 rings (SSSR count). The number of rotatable bonds is 3. The molecule has 122 valence electrons. The summed E-state index contributed by atoms with van der Waals surface area (Å²) in [4.78, 5) is 20.7. The van der Waals surface area contributed by atoms with E-state index < -0.39 is 27.0 Å². The summed E-state index contributed by atoms with van der Waals surface area (Å²) in [5, 5.41) is 34.3. The average molecular weight is 317 g/mol. The van der Waals surface area contributed by atoms with E-state index in [1.165, 1.54) is 31.4 Å². The van der Waals surface area contributed by atoms with Gasteiger partial charge in [-0.05, 0) is 67.3 Å². The maximum Gasteiger partial charge on any atom is 0.268 e. The lowest BCUT2D eigenvalue weighted by molar-refractivity contribution is -0.416. The van der Waals surface area contributed by atoms with E-state index in [-0.39, 0.29) is 5.41 Å². The Balaban J connectivity index is 1.85. The van der Waals surface area contributed by atoms with Gasteiger partial charge in [0, 0.05) is 12.1 Å². The summed E-state index contributed by atoms with van der Waals surface area (Å²) in [6, 6.07) is 2.62. The molecule has 23 heavy (non-hydrogen) atoms. The van der Waals surface area contributed by atoms with Crippen LogP contribution in [0.1, 0.15) is 44.1 Å². The van der Waals surface area contributed by atoms with E-state index in [1.807, 2.05) is 0 Å². The molecule has 0 unspecified atom stereocenters. The van der Waals surface area contributed by atoms with E-state index in [0.717, 1.165) is 19.3 Å². The zero-order valence-corrected chi connectivity index (χ0v) is 12.6. The van der Waals surface area contributed by atoms with Crippen molar-refractivity contribution in [1.82, 2.24) is 0 Å². The molecule has 4 aliphatic carbocycles. The molecule has 1 aromatic carbocycles. The maximum atomic E-state index is 11.9. The molecule has 1 aromatic rings. The van der Waals surface area contributed by atoms with Gasteiger partial charge in [0.1, 0.15) is 0 Å². The fourth-order valence-electron chi connectivity index (χ4n) is 5.64. The third-order valence-corrected chi connectivity index (χ3v) is 6.09. The predicted octanol–water partition coefficient (Wildman–Crippen LogP) is 3.04. The first-order valence-corrected chi connectivity index (χ1v) is 8.02. The minimum Gasteiger partial charge on any atom is -0.863 e. The lowest BCUT2D eigenvalue weighted by atomic mass is 9.48. The van der Waals surface area contributed by atoms with Crippen LogP contribution in [0.15, 0.2) is 12.1 Å². The van der Waals surface area contributed by atoms with Gasteiger partial charge in [-0.15, -0.1) is 0 Å². The van der Waals surface area contributed by atoms with Crippen LogP contribution < -0.4 is 5.11 Å². The molecule has 0 spiro atoms. The lowest BCUT2D eigenvalue weighted by Crippen LogP contribution is -2.48. The summed E-state index contributed by atoms with van der Waals surface area (Å²) in [5.74, 6) is 0.761. The molecule has 4 fully saturated rings. The SMILES string of the molecule is O=[N+]([O-])c1cc(C23CC4CC(CC(C4)C2)C3)cc([N+](=O)[O-])c1[O-]. The third kappa shape index (κ3) is 2.09. The van der Waals surface area contributed by atoms with E-state index >= 15 is 0 Å². The highest BCUT2D eigenvalue weighted by Gasteiger charge is 2.52. The molecule has 0 amide bonds. The summed E-state index contributed by atoms with van der Waals surface area (Å²) in [6.07, 6.45) is 6.44. The van der Waals surface area contributed by atoms with Crippen LogP contribution in [0.5, 0.6) is 5.75 Å². The van der Waals surface area contributed by atoms with Gasteiger partial charge >= 0.3 is 0 Å². The van der Waals surface area contributed by atoms with Crippen LogP contribution in [0.3, 0.4) is 0 Å². The van der Waals surface area contributed by atoms with Gasteiger partial charge in [0.05, 0.1) is 15.6 Å². The van der Waals surface area contributed by atoms with Crippen LogP contribution in [0.2, 0.25) is 0 Å². The molecule has 4 aliphatic rings. The quantitative estimate of drug-likeness (QED) is 0.628. The second-order valence-corrected chi connectivity index (χ2v) is 7.56. The third-order valence-electron chi connectivity index (χ3n) is 6.09. The van der Waals surface area contributed by atoms with Gasteiger partial charge in [-0.3, -0.25) is 20.2 Å². The van der Waals surface area contributed by atoms with E-state index in [9.17, 15) is 25.3 Å². The number of nitrogens with zero attached hydrogens (tertiary/aromatic N) is 2. The normalized spacial score (nSPS) is 34.5. The zero-order chi connectivity index (χ0) is 16.4. The lowest BCUT2D eigenvalue weighted by Gasteiger charge is -2.57. The van der Waals surface area contributed by atoms with E-state index in [0.29, 0.717) is 23.3 Å². The number of nitro groups is 2. The van der Waals surface area contributed by atoms with Gasteiger partial charge in [0.15, 0.2) is 0 Å². The molecule has 0 saturated heterocycles. The summed E-state index contributed by atoms with van der Waals surface area (Å²) in [7, 11) is 0. The molecule has 7 heteroatoms. The highest BCUT2D eigenvalue weighted by molar-refractivity contribution is 5.61. The zero-order valence-electron chi connectivity index (χ0n) is 12.6. The predicted molar refractivity (Wildman–Crippen MR) is 79.0 cm³/mol. The highest BCUT2D eigenvalue weighted by atomic mass is 16.6. The van der Waals surface area contributed by atoms with Crippen molar-refractivity contribution >= 4 is 11.4 Å². The fourth-order valence-corrected chi connectivity index (χ4v) is 5.64. The molecule has 0 atom stereocenters.